The first-order valence-corrected chi connectivity index (χ1v) is 12.1. The molecule has 0 atom stereocenters. The Morgan fingerprint density at radius 1 is 1.30 bits per heavy atom. The van der Waals surface area contributed by atoms with Crippen molar-refractivity contribution in [3.63, 3.8) is 0 Å². The molecule has 1 fully saturated rings. The number of methoxy groups -OCH3 is 1. The predicted octanol–water partition coefficient (Wildman–Crippen LogP) is 4.56. The fourth-order valence-electron chi connectivity index (χ4n) is 5.10. The Labute approximate surface area is 210 Å². The highest BCUT2D eigenvalue weighted by Gasteiger charge is 2.41. The number of carbonyl (C=O) groups excluding carboxylic acids is 1. The number of ether oxygens (including phenoxy) is 1. The Morgan fingerprint density at radius 2 is 2.05 bits per heavy atom. The van der Waals surface area contributed by atoms with Crippen molar-refractivity contribution in [2.24, 2.45) is 0 Å². The molecule has 3 heterocycles. The number of rotatable bonds is 8. The molecule has 5 rings (SSSR count). The van der Waals surface area contributed by atoms with E-state index in [1.165, 1.54) is 17.7 Å². The lowest BCUT2D eigenvalue weighted by molar-refractivity contribution is -0.123. The Kier molecular flexibility index (Phi) is 6.20. The van der Waals surface area contributed by atoms with E-state index in [0.717, 1.165) is 12.8 Å². The summed E-state index contributed by atoms with van der Waals surface area (Å²) < 4.78 is 48.2. The van der Waals surface area contributed by atoms with Crippen molar-refractivity contribution < 1.29 is 22.7 Å². The summed E-state index contributed by atoms with van der Waals surface area (Å²) in [5, 5.41) is 6.86. The smallest absolute Gasteiger partial charge is 0.256 e. The molecule has 196 valence electrons. The number of carbonyl (C=O) groups is 1. The first kappa shape index (κ1) is 24.8. The number of nitrogens with one attached hydrogen (secondary N) is 3. The fraction of sp³-hybridized carbons (Fsp3) is 0.440. The molecule has 0 saturated heterocycles. The number of hydrogen-bond donors (Lipinski definition) is 3. The maximum absolute atomic E-state index is 15.0. The molecule has 0 unspecified atom stereocenters. The van der Waals surface area contributed by atoms with Crippen LogP contribution in [0.15, 0.2) is 18.3 Å². The molecule has 0 spiro atoms. The van der Waals surface area contributed by atoms with E-state index >= 15 is 0 Å². The largest absolute Gasteiger partial charge is 0.480 e. The van der Waals surface area contributed by atoms with Gasteiger partial charge in [0.2, 0.25) is 17.7 Å². The van der Waals surface area contributed by atoms with E-state index in [9.17, 15) is 18.0 Å². The summed E-state index contributed by atoms with van der Waals surface area (Å²) in [5.74, 6) is 0.352. The average molecular weight is 516 g/mol. The molecule has 0 aliphatic heterocycles. The molecular weight excluding hydrogens is 487 g/mol. The topological polar surface area (TPSA) is 110 Å². The van der Waals surface area contributed by atoms with Crippen LogP contribution in [0.5, 0.6) is 5.88 Å². The quantitative estimate of drug-likeness (QED) is 0.318. The van der Waals surface area contributed by atoms with Gasteiger partial charge in [0.1, 0.15) is 17.0 Å². The number of imidazole rings is 1. The second-order valence-electron chi connectivity index (χ2n) is 9.68. The predicted molar refractivity (Wildman–Crippen MR) is 133 cm³/mol. The maximum Gasteiger partial charge on any atom is 0.256 e. The van der Waals surface area contributed by atoms with Crippen LogP contribution in [0, 0.1) is 12.7 Å². The van der Waals surface area contributed by atoms with Crippen LogP contribution in [-0.2, 0) is 11.3 Å². The van der Waals surface area contributed by atoms with Crippen molar-refractivity contribution in [3.8, 4) is 17.0 Å². The summed E-state index contributed by atoms with van der Waals surface area (Å²) in [6.45, 7) is 4.81. The molecule has 1 amide bonds. The minimum absolute atomic E-state index is 0.0150. The van der Waals surface area contributed by atoms with Gasteiger partial charge in [0.15, 0.2) is 5.82 Å². The third-order valence-electron chi connectivity index (χ3n) is 6.81. The number of alkyl halides is 2. The lowest BCUT2D eigenvalue weighted by Gasteiger charge is -2.45. The summed E-state index contributed by atoms with van der Waals surface area (Å²) in [6.07, 6.45) is 0.942. The Balaban J connectivity index is 1.47. The number of benzene rings is 1. The number of hydrogen-bond acceptors (Lipinski definition) is 6. The Morgan fingerprint density at radius 3 is 2.73 bits per heavy atom. The van der Waals surface area contributed by atoms with Crippen molar-refractivity contribution in [1.82, 2.24) is 29.8 Å². The molecule has 3 N–H and O–H groups in total. The van der Waals surface area contributed by atoms with Gasteiger partial charge in [-0.3, -0.25) is 4.79 Å². The van der Waals surface area contributed by atoms with Gasteiger partial charge >= 0.3 is 0 Å². The van der Waals surface area contributed by atoms with Crippen molar-refractivity contribution in [2.45, 2.75) is 64.6 Å². The number of anilines is 1. The van der Waals surface area contributed by atoms with Crippen molar-refractivity contribution >= 4 is 33.9 Å². The van der Waals surface area contributed by atoms with E-state index < -0.39 is 18.8 Å². The van der Waals surface area contributed by atoms with Crippen LogP contribution in [0.4, 0.5) is 19.1 Å². The number of aromatic amines is 1. The van der Waals surface area contributed by atoms with Gasteiger partial charge in [-0.25, -0.2) is 18.2 Å². The lowest BCUT2D eigenvalue weighted by Crippen LogP contribution is -2.59. The number of fused-ring (bicyclic) bond motifs is 2. The van der Waals surface area contributed by atoms with Gasteiger partial charge in [0.05, 0.1) is 24.6 Å². The summed E-state index contributed by atoms with van der Waals surface area (Å²) in [4.78, 5) is 28.1. The number of aryl methyl sites for hydroxylation is 1. The SMILES string of the molecule is CCC(=O)N[C@]1(C)C[C@H](Nc2nc(OC)c3c(-c4cc(F)c5nc(C)n(CC(F)F)c5c4)c[nH]c3n2)C1. The van der Waals surface area contributed by atoms with Crippen LogP contribution >= 0.6 is 0 Å². The van der Waals surface area contributed by atoms with Crippen LogP contribution in [0.3, 0.4) is 0 Å². The highest BCUT2D eigenvalue weighted by molar-refractivity contribution is 5.99. The summed E-state index contributed by atoms with van der Waals surface area (Å²) in [6, 6.07) is 3.03. The highest BCUT2D eigenvalue weighted by atomic mass is 19.3. The molecule has 9 nitrogen and oxygen atoms in total. The molecule has 1 aromatic carbocycles. The number of aromatic nitrogens is 5. The zero-order valence-corrected chi connectivity index (χ0v) is 21.0. The minimum Gasteiger partial charge on any atom is -0.480 e. The summed E-state index contributed by atoms with van der Waals surface area (Å²) in [7, 11) is 1.48. The van der Waals surface area contributed by atoms with Gasteiger partial charge in [0, 0.05) is 29.8 Å². The van der Waals surface area contributed by atoms with Crippen LogP contribution in [0.25, 0.3) is 33.2 Å². The van der Waals surface area contributed by atoms with Crippen LogP contribution in [0.1, 0.15) is 38.9 Å². The standard InChI is InChI=1S/C25H28F3N7O2/c1-5-19(36)34-25(3)8-14(9-25)31-24-32-22-20(23(33-24)37-4)15(10-29-22)13-6-16(26)21-17(7-13)35(11-18(27)28)12(2)30-21/h6-7,10,14,18H,5,8-9,11H2,1-4H3,(H,34,36)(H2,29,31,32,33)/t14-,25+. The third-order valence-corrected chi connectivity index (χ3v) is 6.81. The minimum atomic E-state index is -2.60. The zero-order chi connectivity index (χ0) is 26.5. The summed E-state index contributed by atoms with van der Waals surface area (Å²) in [5.41, 5.74) is 1.55. The van der Waals surface area contributed by atoms with E-state index in [0.29, 0.717) is 40.4 Å². The highest BCUT2D eigenvalue weighted by Crippen LogP contribution is 2.38. The molecule has 12 heteroatoms. The van der Waals surface area contributed by atoms with Gasteiger partial charge in [-0.15, -0.1) is 0 Å². The van der Waals surface area contributed by atoms with Gasteiger partial charge < -0.3 is 24.9 Å². The number of amides is 1. The van der Waals surface area contributed by atoms with Crippen LogP contribution in [0.2, 0.25) is 0 Å². The molecule has 1 aliphatic rings. The van der Waals surface area contributed by atoms with Gasteiger partial charge in [-0.1, -0.05) is 6.92 Å². The third kappa shape index (κ3) is 4.56. The van der Waals surface area contributed by atoms with Crippen molar-refractivity contribution in [2.75, 3.05) is 12.4 Å². The molecule has 1 aliphatic carbocycles. The first-order valence-electron chi connectivity index (χ1n) is 12.1. The summed E-state index contributed by atoms with van der Waals surface area (Å²) >= 11 is 0. The maximum atomic E-state index is 15.0. The Hall–Kier alpha value is -3.83. The molecule has 0 radical (unpaired) electrons. The van der Waals surface area contributed by atoms with Gasteiger partial charge in [0.25, 0.3) is 6.43 Å². The molecular formula is C25H28F3N7O2. The average Bonchev–Trinajstić information content (AvgIpc) is 3.38. The number of halogens is 3. The van der Waals surface area contributed by atoms with Crippen LogP contribution < -0.4 is 15.4 Å². The van der Waals surface area contributed by atoms with Crippen LogP contribution in [-0.4, -0.2) is 55.5 Å². The van der Waals surface area contributed by atoms with Gasteiger partial charge in [-0.05, 0) is 44.4 Å². The number of H-pyrrole nitrogens is 1. The molecule has 37 heavy (non-hydrogen) atoms. The van der Waals surface area contributed by atoms with Crippen molar-refractivity contribution in [3.05, 3.63) is 30.0 Å². The van der Waals surface area contributed by atoms with E-state index in [2.05, 4.69) is 30.6 Å². The zero-order valence-electron chi connectivity index (χ0n) is 21.0. The van der Waals surface area contributed by atoms with E-state index in [-0.39, 0.29) is 34.4 Å². The second kappa shape index (κ2) is 9.24. The van der Waals surface area contributed by atoms with E-state index in [1.807, 2.05) is 13.8 Å². The first-order chi connectivity index (χ1) is 17.6. The number of nitrogens with zero attached hydrogens (tertiary/aromatic N) is 4. The van der Waals surface area contributed by atoms with Crippen molar-refractivity contribution in [1.29, 1.82) is 0 Å². The van der Waals surface area contributed by atoms with E-state index in [4.69, 9.17) is 4.74 Å². The Bertz CT molecular complexity index is 1490. The fourth-order valence-corrected chi connectivity index (χ4v) is 5.10. The molecule has 3 aromatic heterocycles. The van der Waals surface area contributed by atoms with Gasteiger partial charge in [-0.2, -0.15) is 9.97 Å². The second-order valence-corrected chi connectivity index (χ2v) is 9.68. The lowest BCUT2D eigenvalue weighted by atomic mass is 9.74. The van der Waals surface area contributed by atoms with E-state index in [1.54, 1.807) is 19.2 Å². The molecule has 0 bridgehead atoms. The molecule has 1 saturated carbocycles. The molecule has 4 aromatic rings. The monoisotopic (exact) mass is 515 g/mol. The normalized spacial score (nSPS) is 19.4.